The summed E-state index contributed by atoms with van der Waals surface area (Å²) in [5, 5.41) is 2.94. The Labute approximate surface area is 137 Å². The lowest BCUT2D eigenvalue weighted by atomic mass is 10.1. The van der Waals surface area contributed by atoms with E-state index in [1.165, 1.54) is 0 Å². The monoisotopic (exact) mass is 322 g/mol. The second-order valence-electron chi connectivity index (χ2n) is 5.94. The van der Waals surface area contributed by atoms with Crippen LogP contribution < -0.4 is 14.8 Å². The molecule has 0 saturated carbocycles. The number of carbonyl (C=O) groups excluding carboxylic acids is 1. The summed E-state index contributed by atoms with van der Waals surface area (Å²) < 4.78 is 16.2. The van der Waals surface area contributed by atoms with Gasteiger partial charge in [0.2, 0.25) is 5.91 Å². The molecule has 1 aromatic carbocycles. The van der Waals surface area contributed by atoms with Gasteiger partial charge in [-0.15, -0.1) is 0 Å². The van der Waals surface area contributed by atoms with E-state index in [0.29, 0.717) is 17.2 Å². The molecule has 0 bridgehead atoms. The van der Waals surface area contributed by atoms with Gasteiger partial charge >= 0.3 is 0 Å². The average Bonchev–Trinajstić information content (AvgIpc) is 2.53. The van der Waals surface area contributed by atoms with Crippen LogP contribution in [0.15, 0.2) is 18.2 Å². The Morgan fingerprint density at radius 2 is 1.91 bits per heavy atom. The number of benzene rings is 1. The van der Waals surface area contributed by atoms with E-state index < -0.39 is 0 Å². The fraction of sp³-hybridized carbons (Fsp3) is 0.588. The summed E-state index contributed by atoms with van der Waals surface area (Å²) in [5.41, 5.74) is 0.609. The standard InChI is InChI=1S/C17H26N2O4/c1-11-9-19(10-12(2)23-11)13(3)17(20)18-15-8-14(21-4)6-7-16(15)22-5/h6-8,11-13H,9-10H2,1-5H3,(H,18,20). The summed E-state index contributed by atoms with van der Waals surface area (Å²) in [7, 11) is 3.17. The molecule has 1 aromatic rings. The van der Waals surface area contributed by atoms with Gasteiger partial charge in [-0.3, -0.25) is 9.69 Å². The third-order valence-electron chi connectivity index (χ3n) is 4.04. The highest BCUT2D eigenvalue weighted by atomic mass is 16.5. The predicted octanol–water partition coefficient (Wildman–Crippen LogP) is 2.14. The highest BCUT2D eigenvalue weighted by Gasteiger charge is 2.29. The first-order chi connectivity index (χ1) is 10.9. The van der Waals surface area contributed by atoms with Crippen molar-refractivity contribution in [3.8, 4) is 11.5 Å². The van der Waals surface area contributed by atoms with Crippen LogP contribution in [-0.4, -0.2) is 56.4 Å². The largest absolute Gasteiger partial charge is 0.497 e. The number of morpholine rings is 1. The lowest BCUT2D eigenvalue weighted by Gasteiger charge is -2.38. The maximum atomic E-state index is 12.6. The highest BCUT2D eigenvalue weighted by Crippen LogP contribution is 2.29. The van der Waals surface area contributed by atoms with E-state index in [1.807, 2.05) is 20.8 Å². The van der Waals surface area contributed by atoms with E-state index in [0.717, 1.165) is 13.1 Å². The quantitative estimate of drug-likeness (QED) is 0.900. The van der Waals surface area contributed by atoms with Crippen molar-refractivity contribution in [3.05, 3.63) is 18.2 Å². The van der Waals surface area contributed by atoms with E-state index in [9.17, 15) is 4.79 Å². The molecule has 3 unspecified atom stereocenters. The summed E-state index contributed by atoms with van der Waals surface area (Å²) >= 11 is 0. The minimum Gasteiger partial charge on any atom is -0.497 e. The summed E-state index contributed by atoms with van der Waals surface area (Å²) in [5.74, 6) is 1.20. The molecule has 3 atom stereocenters. The molecule has 1 saturated heterocycles. The van der Waals surface area contributed by atoms with Crippen molar-refractivity contribution in [2.24, 2.45) is 0 Å². The second-order valence-corrected chi connectivity index (χ2v) is 5.94. The van der Waals surface area contributed by atoms with Gasteiger partial charge in [0, 0.05) is 19.2 Å². The number of amides is 1. The highest BCUT2D eigenvalue weighted by molar-refractivity contribution is 5.96. The summed E-state index contributed by atoms with van der Waals surface area (Å²) in [6.07, 6.45) is 0.251. The molecular weight excluding hydrogens is 296 g/mol. The van der Waals surface area contributed by atoms with Gasteiger partial charge in [-0.25, -0.2) is 0 Å². The van der Waals surface area contributed by atoms with Crippen LogP contribution in [0.3, 0.4) is 0 Å². The van der Waals surface area contributed by atoms with Crippen molar-refractivity contribution in [2.45, 2.75) is 39.0 Å². The smallest absolute Gasteiger partial charge is 0.241 e. The van der Waals surface area contributed by atoms with Gasteiger partial charge < -0.3 is 19.5 Å². The Kier molecular flexibility index (Phi) is 5.85. The van der Waals surface area contributed by atoms with Crippen molar-refractivity contribution in [3.63, 3.8) is 0 Å². The first kappa shape index (κ1) is 17.6. The van der Waals surface area contributed by atoms with Crippen LogP contribution in [-0.2, 0) is 9.53 Å². The van der Waals surface area contributed by atoms with Crippen molar-refractivity contribution in [1.29, 1.82) is 0 Å². The average molecular weight is 322 g/mol. The first-order valence-electron chi connectivity index (χ1n) is 7.87. The van der Waals surface area contributed by atoms with Gasteiger partial charge in [0.15, 0.2) is 0 Å². The van der Waals surface area contributed by atoms with Crippen molar-refractivity contribution < 1.29 is 19.0 Å². The van der Waals surface area contributed by atoms with Gasteiger partial charge in [-0.2, -0.15) is 0 Å². The Bertz CT molecular complexity index is 539. The lowest BCUT2D eigenvalue weighted by Crippen LogP contribution is -2.52. The van der Waals surface area contributed by atoms with Crippen LogP contribution in [0.25, 0.3) is 0 Å². The van der Waals surface area contributed by atoms with Crippen LogP contribution >= 0.6 is 0 Å². The molecule has 2 rings (SSSR count). The Balaban J connectivity index is 2.09. The van der Waals surface area contributed by atoms with E-state index in [2.05, 4.69) is 10.2 Å². The van der Waals surface area contributed by atoms with Gasteiger partial charge in [0.25, 0.3) is 0 Å². The fourth-order valence-corrected chi connectivity index (χ4v) is 2.85. The fourth-order valence-electron chi connectivity index (χ4n) is 2.85. The number of hydrogen-bond donors (Lipinski definition) is 1. The topological polar surface area (TPSA) is 60.0 Å². The minimum atomic E-state index is -0.250. The van der Waals surface area contributed by atoms with E-state index >= 15 is 0 Å². The van der Waals surface area contributed by atoms with Crippen LogP contribution in [0.4, 0.5) is 5.69 Å². The number of ether oxygens (including phenoxy) is 3. The number of methoxy groups -OCH3 is 2. The number of rotatable bonds is 5. The van der Waals surface area contributed by atoms with Gasteiger partial charge in [0.05, 0.1) is 38.2 Å². The zero-order chi connectivity index (χ0) is 17.0. The maximum Gasteiger partial charge on any atom is 0.241 e. The maximum absolute atomic E-state index is 12.6. The molecule has 6 heteroatoms. The molecule has 1 amide bonds. The molecular formula is C17H26N2O4. The summed E-state index contributed by atoms with van der Waals surface area (Å²) in [6.45, 7) is 7.45. The second kappa shape index (κ2) is 7.66. The normalized spacial score (nSPS) is 23.2. The van der Waals surface area contributed by atoms with Crippen LogP contribution in [0.2, 0.25) is 0 Å². The molecule has 0 spiro atoms. The molecule has 23 heavy (non-hydrogen) atoms. The van der Waals surface area contributed by atoms with Crippen molar-refractivity contribution in [1.82, 2.24) is 4.90 Å². The molecule has 1 fully saturated rings. The van der Waals surface area contributed by atoms with Gasteiger partial charge in [-0.1, -0.05) is 0 Å². The van der Waals surface area contributed by atoms with Gasteiger partial charge in [-0.05, 0) is 32.9 Å². The van der Waals surface area contributed by atoms with Gasteiger partial charge in [0.1, 0.15) is 11.5 Å². The van der Waals surface area contributed by atoms with Crippen molar-refractivity contribution >= 4 is 11.6 Å². The van der Waals surface area contributed by atoms with E-state index in [4.69, 9.17) is 14.2 Å². The van der Waals surface area contributed by atoms with E-state index in [1.54, 1.807) is 32.4 Å². The number of carbonyl (C=O) groups is 1. The zero-order valence-corrected chi connectivity index (χ0v) is 14.5. The number of nitrogens with zero attached hydrogens (tertiary/aromatic N) is 1. The zero-order valence-electron chi connectivity index (χ0n) is 14.5. The Morgan fingerprint density at radius 3 is 2.48 bits per heavy atom. The third kappa shape index (κ3) is 4.36. The van der Waals surface area contributed by atoms with E-state index in [-0.39, 0.29) is 24.2 Å². The molecule has 128 valence electrons. The Hall–Kier alpha value is -1.79. The third-order valence-corrected chi connectivity index (χ3v) is 4.04. The van der Waals surface area contributed by atoms with Crippen molar-refractivity contribution in [2.75, 3.05) is 32.6 Å². The number of nitrogens with one attached hydrogen (secondary N) is 1. The minimum absolute atomic E-state index is 0.0714. The number of hydrogen-bond acceptors (Lipinski definition) is 5. The molecule has 1 heterocycles. The SMILES string of the molecule is COc1ccc(OC)c(NC(=O)C(C)N2CC(C)OC(C)C2)c1. The van der Waals surface area contributed by atoms with Crippen LogP contribution in [0, 0.1) is 0 Å². The summed E-state index contributed by atoms with van der Waals surface area (Å²) in [6, 6.07) is 5.08. The summed E-state index contributed by atoms with van der Waals surface area (Å²) in [4.78, 5) is 14.7. The Morgan fingerprint density at radius 1 is 1.26 bits per heavy atom. The first-order valence-corrected chi connectivity index (χ1v) is 7.87. The molecule has 1 aliphatic rings. The molecule has 0 aromatic heterocycles. The molecule has 1 aliphatic heterocycles. The number of anilines is 1. The molecule has 0 aliphatic carbocycles. The molecule has 6 nitrogen and oxygen atoms in total. The predicted molar refractivity (Wildman–Crippen MR) is 89.2 cm³/mol. The molecule has 1 N–H and O–H groups in total. The van der Waals surface area contributed by atoms with Crippen LogP contribution in [0.5, 0.6) is 11.5 Å². The van der Waals surface area contributed by atoms with Crippen LogP contribution in [0.1, 0.15) is 20.8 Å². The lowest BCUT2D eigenvalue weighted by molar-refractivity contribution is -0.126. The molecule has 0 radical (unpaired) electrons.